The zero-order valence-corrected chi connectivity index (χ0v) is 14.0. The second-order valence-electron chi connectivity index (χ2n) is 4.50. The van der Waals surface area contributed by atoms with Crippen molar-refractivity contribution in [3.05, 3.63) is 28.8 Å². The molecule has 0 bridgehead atoms. The molecule has 0 radical (unpaired) electrons. The van der Waals surface area contributed by atoms with Crippen LogP contribution in [-0.2, 0) is 16.6 Å². The molecule has 2 rings (SSSR count). The van der Waals surface area contributed by atoms with Gasteiger partial charge in [-0.15, -0.1) is 11.3 Å². The van der Waals surface area contributed by atoms with E-state index in [1.54, 1.807) is 6.20 Å². The van der Waals surface area contributed by atoms with Crippen molar-refractivity contribution in [2.75, 3.05) is 19.5 Å². The summed E-state index contributed by atoms with van der Waals surface area (Å²) in [6, 6.07) is 3.77. The Bertz CT molecular complexity index is 754. The highest BCUT2D eigenvalue weighted by Crippen LogP contribution is 2.44. The quantitative estimate of drug-likeness (QED) is 0.828. The molecule has 0 atom stereocenters. The fourth-order valence-corrected chi connectivity index (χ4v) is 3.96. The number of nitrogens with two attached hydrogens (primary N) is 1. The summed E-state index contributed by atoms with van der Waals surface area (Å²) in [6.07, 6.45) is 1.74. The molecule has 120 valence electrons. The Balaban J connectivity index is 2.30. The third kappa shape index (κ3) is 3.49. The van der Waals surface area contributed by atoms with Gasteiger partial charge in [-0.1, -0.05) is 6.07 Å². The molecular formula is C13H17N3O4S2. The van der Waals surface area contributed by atoms with E-state index in [1.807, 2.05) is 19.1 Å². The molecule has 9 heteroatoms. The van der Waals surface area contributed by atoms with Crippen LogP contribution in [0.2, 0.25) is 0 Å². The van der Waals surface area contributed by atoms with E-state index in [0.717, 1.165) is 16.9 Å². The summed E-state index contributed by atoms with van der Waals surface area (Å²) in [7, 11) is -1.05. The van der Waals surface area contributed by atoms with Crippen LogP contribution in [0.25, 0.3) is 0 Å². The molecule has 0 saturated heterocycles. The zero-order valence-electron chi connectivity index (χ0n) is 12.4. The Morgan fingerprint density at radius 3 is 2.45 bits per heavy atom. The Labute approximate surface area is 133 Å². The van der Waals surface area contributed by atoms with Gasteiger partial charge >= 0.3 is 0 Å². The molecule has 0 fully saturated rings. The van der Waals surface area contributed by atoms with Crippen molar-refractivity contribution in [3.8, 4) is 11.5 Å². The fourth-order valence-electron chi connectivity index (χ4n) is 1.85. The van der Waals surface area contributed by atoms with Crippen LogP contribution in [-0.4, -0.2) is 27.6 Å². The molecule has 7 nitrogen and oxygen atoms in total. The molecule has 2 aromatic rings. The number of anilines is 1. The average Bonchev–Trinajstić information content (AvgIpc) is 2.84. The van der Waals surface area contributed by atoms with Gasteiger partial charge in [0, 0.05) is 6.20 Å². The number of hydrogen-bond donors (Lipinski definition) is 2. The maximum atomic E-state index is 11.6. The van der Waals surface area contributed by atoms with Crippen molar-refractivity contribution < 1.29 is 17.9 Å². The number of nitrogens with zero attached hydrogens (tertiary/aromatic N) is 1. The molecule has 0 aromatic carbocycles. The monoisotopic (exact) mass is 343 g/mol. The van der Waals surface area contributed by atoms with E-state index in [-0.39, 0.29) is 9.96 Å². The van der Waals surface area contributed by atoms with Crippen molar-refractivity contribution in [2.24, 2.45) is 5.14 Å². The van der Waals surface area contributed by atoms with Crippen LogP contribution < -0.4 is 19.9 Å². The number of pyridine rings is 1. The van der Waals surface area contributed by atoms with Gasteiger partial charge < -0.3 is 14.8 Å². The number of thiophene rings is 1. The van der Waals surface area contributed by atoms with Gasteiger partial charge in [0.15, 0.2) is 15.7 Å². The van der Waals surface area contributed by atoms with Crippen molar-refractivity contribution in [2.45, 2.75) is 17.7 Å². The molecule has 0 saturated carbocycles. The molecule has 0 aliphatic rings. The van der Waals surface area contributed by atoms with E-state index in [1.165, 1.54) is 14.2 Å². The summed E-state index contributed by atoms with van der Waals surface area (Å²) >= 11 is 1.01. The van der Waals surface area contributed by atoms with Crippen LogP contribution in [0.3, 0.4) is 0 Å². The summed E-state index contributed by atoms with van der Waals surface area (Å²) in [6.45, 7) is 2.29. The lowest BCUT2D eigenvalue weighted by Gasteiger charge is -2.07. The lowest BCUT2D eigenvalue weighted by Crippen LogP contribution is -2.11. The largest absolute Gasteiger partial charge is 0.492 e. The number of sulfonamides is 1. The number of aryl methyl sites for hydroxylation is 1. The van der Waals surface area contributed by atoms with Crippen molar-refractivity contribution in [1.29, 1.82) is 0 Å². The van der Waals surface area contributed by atoms with E-state index in [9.17, 15) is 8.42 Å². The predicted octanol–water partition coefficient (Wildman–Crippen LogP) is 1.73. The van der Waals surface area contributed by atoms with Gasteiger partial charge in [-0.25, -0.2) is 18.5 Å². The van der Waals surface area contributed by atoms with E-state index >= 15 is 0 Å². The molecule has 3 N–H and O–H groups in total. The van der Waals surface area contributed by atoms with Gasteiger partial charge in [-0.3, -0.25) is 0 Å². The van der Waals surface area contributed by atoms with E-state index < -0.39 is 10.0 Å². The maximum absolute atomic E-state index is 11.6. The highest BCUT2D eigenvalue weighted by Gasteiger charge is 2.26. The van der Waals surface area contributed by atoms with Crippen LogP contribution in [0.4, 0.5) is 5.82 Å². The highest BCUT2D eigenvalue weighted by atomic mass is 32.2. The van der Waals surface area contributed by atoms with Crippen molar-refractivity contribution >= 4 is 27.2 Å². The van der Waals surface area contributed by atoms with E-state index in [0.29, 0.717) is 23.0 Å². The number of methoxy groups -OCH3 is 2. The minimum absolute atomic E-state index is 0.0551. The topological polar surface area (TPSA) is 104 Å². The molecule has 0 spiro atoms. The number of ether oxygens (including phenoxy) is 2. The summed E-state index contributed by atoms with van der Waals surface area (Å²) in [5.74, 6) is 1.16. The molecule has 2 aromatic heterocycles. The van der Waals surface area contributed by atoms with Gasteiger partial charge in [0.05, 0.1) is 25.6 Å². The minimum Gasteiger partial charge on any atom is -0.492 e. The molecule has 0 unspecified atom stereocenters. The van der Waals surface area contributed by atoms with Crippen LogP contribution in [0.1, 0.15) is 10.4 Å². The minimum atomic E-state index is -3.88. The summed E-state index contributed by atoms with van der Waals surface area (Å²) in [5.41, 5.74) is 1.05. The summed E-state index contributed by atoms with van der Waals surface area (Å²) in [4.78, 5) is 4.88. The van der Waals surface area contributed by atoms with Crippen LogP contribution >= 0.6 is 11.3 Å². The second kappa shape index (κ2) is 6.51. The first-order valence-electron chi connectivity index (χ1n) is 6.29. The molecule has 0 aliphatic carbocycles. The summed E-state index contributed by atoms with van der Waals surface area (Å²) in [5, 5.41) is 8.32. The molecule has 0 amide bonds. The molecule has 0 aliphatic heterocycles. The fraction of sp³-hybridized carbons (Fsp3) is 0.308. The highest BCUT2D eigenvalue weighted by molar-refractivity contribution is 7.91. The number of primary sulfonamides is 1. The van der Waals surface area contributed by atoms with E-state index in [4.69, 9.17) is 14.6 Å². The van der Waals surface area contributed by atoms with Crippen molar-refractivity contribution in [3.63, 3.8) is 0 Å². The van der Waals surface area contributed by atoms with Crippen LogP contribution in [0, 0.1) is 6.92 Å². The SMILES string of the molecule is COc1c(CNc2ccc(C)cn2)sc(S(N)(=O)=O)c1OC. The van der Waals surface area contributed by atoms with Gasteiger partial charge in [0.25, 0.3) is 10.0 Å². The molecule has 2 heterocycles. The molecular weight excluding hydrogens is 326 g/mol. The smallest absolute Gasteiger partial charge is 0.251 e. The van der Waals surface area contributed by atoms with Gasteiger partial charge in [0.1, 0.15) is 5.82 Å². The lowest BCUT2D eigenvalue weighted by molar-refractivity contribution is 0.349. The first-order valence-corrected chi connectivity index (χ1v) is 8.66. The standard InChI is InChI=1S/C13H17N3O4S2/c1-8-4-5-10(15-6-8)16-7-9-11(19-2)12(20-3)13(21-9)22(14,17)18/h4-6H,7H2,1-3H3,(H,15,16)(H2,14,17,18). The Hall–Kier alpha value is -1.84. The second-order valence-corrected chi connectivity index (χ2v) is 7.36. The van der Waals surface area contributed by atoms with E-state index in [2.05, 4.69) is 10.3 Å². The maximum Gasteiger partial charge on any atom is 0.251 e. The van der Waals surface area contributed by atoms with Gasteiger partial charge in [-0.05, 0) is 18.6 Å². The Morgan fingerprint density at radius 2 is 1.95 bits per heavy atom. The van der Waals surface area contributed by atoms with Gasteiger partial charge in [0.2, 0.25) is 0 Å². The first-order chi connectivity index (χ1) is 10.4. The predicted molar refractivity (Wildman–Crippen MR) is 85.1 cm³/mol. The summed E-state index contributed by atoms with van der Waals surface area (Å²) < 4.78 is 33.6. The van der Waals surface area contributed by atoms with Crippen molar-refractivity contribution in [1.82, 2.24) is 4.98 Å². The zero-order chi connectivity index (χ0) is 16.3. The number of nitrogens with one attached hydrogen (secondary N) is 1. The third-order valence-corrected chi connectivity index (χ3v) is 5.46. The Kier molecular flexibility index (Phi) is 4.89. The Morgan fingerprint density at radius 1 is 1.27 bits per heavy atom. The third-order valence-electron chi connectivity index (χ3n) is 2.87. The lowest BCUT2D eigenvalue weighted by atomic mass is 10.3. The van der Waals surface area contributed by atoms with Gasteiger partial charge in [-0.2, -0.15) is 0 Å². The molecule has 22 heavy (non-hydrogen) atoms. The first kappa shape index (κ1) is 16.5. The van der Waals surface area contributed by atoms with Crippen LogP contribution in [0.15, 0.2) is 22.5 Å². The number of hydrogen-bond acceptors (Lipinski definition) is 7. The van der Waals surface area contributed by atoms with Crippen LogP contribution in [0.5, 0.6) is 11.5 Å². The number of aromatic nitrogens is 1. The average molecular weight is 343 g/mol. The number of rotatable bonds is 6. The normalized spacial score (nSPS) is 11.3.